The van der Waals surface area contributed by atoms with Crippen molar-refractivity contribution in [2.24, 2.45) is 0 Å². The highest BCUT2D eigenvalue weighted by Crippen LogP contribution is 2.11. The van der Waals surface area contributed by atoms with Crippen LogP contribution in [0.25, 0.3) is 0 Å². The number of Topliss-reactive ketones (excluding diaryl/α,β-unsaturated/α-hetero) is 1. The number of esters is 2. The zero-order valence-corrected chi connectivity index (χ0v) is 18.3. The van der Waals surface area contributed by atoms with E-state index in [-0.39, 0.29) is 19.2 Å². The Kier molecular flexibility index (Phi) is 18.1. The van der Waals surface area contributed by atoms with Crippen LogP contribution in [-0.2, 0) is 23.9 Å². The van der Waals surface area contributed by atoms with E-state index in [9.17, 15) is 14.4 Å². The standard InChI is InChI=1S/C24H40O5/c1-4-6-8-10-11-12-14-16-18-23(26)28-19-22(25)20-29-24(27)21(3)17-15-13-9-7-5-2/h4H,1,3,5-20H2,2H3. The molecule has 0 N–H and O–H groups in total. The maximum absolute atomic E-state index is 11.8. The number of ether oxygens (including phenoxy) is 2. The van der Waals surface area contributed by atoms with Crippen molar-refractivity contribution in [2.45, 2.75) is 96.8 Å². The number of rotatable bonds is 20. The van der Waals surface area contributed by atoms with Gasteiger partial charge in [-0.25, -0.2) is 4.79 Å². The normalized spacial score (nSPS) is 10.4. The van der Waals surface area contributed by atoms with Gasteiger partial charge in [-0.15, -0.1) is 6.58 Å². The molecule has 0 heterocycles. The maximum Gasteiger partial charge on any atom is 0.333 e. The van der Waals surface area contributed by atoms with E-state index in [1.54, 1.807) is 0 Å². The molecule has 0 fully saturated rings. The van der Waals surface area contributed by atoms with E-state index >= 15 is 0 Å². The molecule has 0 amide bonds. The third-order valence-corrected chi connectivity index (χ3v) is 4.67. The second kappa shape index (κ2) is 19.4. The lowest BCUT2D eigenvalue weighted by molar-refractivity contribution is -0.151. The molecule has 0 aliphatic rings. The van der Waals surface area contributed by atoms with E-state index < -0.39 is 11.8 Å². The summed E-state index contributed by atoms with van der Waals surface area (Å²) in [4.78, 5) is 35.2. The van der Waals surface area contributed by atoms with Crippen molar-refractivity contribution < 1.29 is 23.9 Å². The number of ketones is 1. The summed E-state index contributed by atoms with van der Waals surface area (Å²) < 4.78 is 9.89. The molecule has 0 aromatic carbocycles. The van der Waals surface area contributed by atoms with Crippen molar-refractivity contribution >= 4 is 17.7 Å². The van der Waals surface area contributed by atoms with Crippen molar-refractivity contribution in [1.82, 2.24) is 0 Å². The summed E-state index contributed by atoms with van der Waals surface area (Å²) in [5, 5.41) is 0. The van der Waals surface area contributed by atoms with Crippen LogP contribution in [0.1, 0.15) is 96.8 Å². The minimum absolute atomic E-state index is 0.314. The van der Waals surface area contributed by atoms with E-state index in [0.717, 1.165) is 51.4 Å². The quantitative estimate of drug-likeness (QED) is 0.109. The van der Waals surface area contributed by atoms with Crippen LogP contribution in [-0.4, -0.2) is 30.9 Å². The molecular weight excluding hydrogens is 368 g/mol. The highest BCUT2D eigenvalue weighted by atomic mass is 16.6. The Labute approximate surface area is 176 Å². The Morgan fingerprint density at radius 2 is 1.31 bits per heavy atom. The van der Waals surface area contributed by atoms with Crippen molar-refractivity contribution in [3.05, 3.63) is 24.8 Å². The van der Waals surface area contributed by atoms with Gasteiger partial charge in [-0.3, -0.25) is 9.59 Å². The average Bonchev–Trinajstić information content (AvgIpc) is 2.72. The van der Waals surface area contributed by atoms with Crippen LogP contribution in [0.4, 0.5) is 0 Å². The fourth-order valence-electron chi connectivity index (χ4n) is 2.83. The first-order chi connectivity index (χ1) is 14.0. The topological polar surface area (TPSA) is 69.7 Å². The number of allylic oxidation sites excluding steroid dienone is 1. The zero-order valence-electron chi connectivity index (χ0n) is 18.3. The lowest BCUT2D eigenvalue weighted by Gasteiger charge is -2.07. The second-order valence-electron chi connectivity index (χ2n) is 7.49. The number of carbonyl (C=O) groups excluding carboxylic acids is 3. The molecule has 0 atom stereocenters. The monoisotopic (exact) mass is 408 g/mol. The highest BCUT2D eigenvalue weighted by Gasteiger charge is 2.13. The van der Waals surface area contributed by atoms with Crippen molar-refractivity contribution in [2.75, 3.05) is 13.2 Å². The largest absolute Gasteiger partial charge is 0.458 e. The maximum atomic E-state index is 11.8. The van der Waals surface area contributed by atoms with Crippen LogP contribution in [0.2, 0.25) is 0 Å². The Morgan fingerprint density at radius 3 is 1.97 bits per heavy atom. The number of hydrogen-bond acceptors (Lipinski definition) is 5. The van der Waals surface area contributed by atoms with E-state index in [4.69, 9.17) is 9.47 Å². The zero-order chi connectivity index (χ0) is 21.7. The summed E-state index contributed by atoms with van der Waals surface area (Å²) >= 11 is 0. The van der Waals surface area contributed by atoms with Gasteiger partial charge in [-0.2, -0.15) is 0 Å². The van der Waals surface area contributed by atoms with Crippen LogP contribution in [0, 0.1) is 0 Å². The molecule has 0 aromatic heterocycles. The van der Waals surface area contributed by atoms with E-state index in [1.165, 1.54) is 25.7 Å². The molecule has 0 unspecified atom stereocenters. The number of hydrogen-bond donors (Lipinski definition) is 0. The Hall–Kier alpha value is -1.91. The van der Waals surface area contributed by atoms with Crippen LogP contribution >= 0.6 is 0 Å². The van der Waals surface area contributed by atoms with Crippen molar-refractivity contribution in [3.63, 3.8) is 0 Å². The average molecular weight is 409 g/mol. The molecule has 5 heteroatoms. The van der Waals surface area contributed by atoms with Crippen LogP contribution in [0.5, 0.6) is 0 Å². The lowest BCUT2D eigenvalue weighted by atomic mass is 10.1. The van der Waals surface area contributed by atoms with Crippen LogP contribution < -0.4 is 0 Å². The number of carbonyl (C=O) groups is 3. The molecule has 0 aliphatic heterocycles. The summed E-state index contributed by atoms with van der Waals surface area (Å²) in [7, 11) is 0. The molecule has 5 nitrogen and oxygen atoms in total. The molecule has 0 saturated heterocycles. The molecule has 166 valence electrons. The second-order valence-corrected chi connectivity index (χ2v) is 7.49. The van der Waals surface area contributed by atoms with Crippen molar-refractivity contribution in [1.29, 1.82) is 0 Å². The van der Waals surface area contributed by atoms with Gasteiger partial charge in [0.25, 0.3) is 0 Å². The summed E-state index contributed by atoms with van der Waals surface area (Å²) in [6, 6.07) is 0. The van der Waals surface area contributed by atoms with Gasteiger partial charge in [-0.05, 0) is 32.1 Å². The summed E-state index contributed by atoms with van der Waals surface area (Å²) in [5.74, 6) is -1.36. The summed E-state index contributed by atoms with van der Waals surface area (Å²) in [5.41, 5.74) is 0.385. The summed E-state index contributed by atoms with van der Waals surface area (Å²) in [6.45, 7) is 8.84. The minimum Gasteiger partial charge on any atom is -0.458 e. The van der Waals surface area contributed by atoms with Gasteiger partial charge < -0.3 is 9.47 Å². The Balaban J connectivity index is 3.66. The molecule has 0 aliphatic carbocycles. The predicted octanol–water partition coefficient (Wildman–Crippen LogP) is 5.87. The molecule has 29 heavy (non-hydrogen) atoms. The highest BCUT2D eigenvalue weighted by molar-refractivity contribution is 5.91. The first kappa shape index (κ1) is 27.1. The molecular formula is C24H40O5. The van der Waals surface area contributed by atoms with Gasteiger partial charge in [0.05, 0.1) is 0 Å². The fraction of sp³-hybridized carbons (Fsp3) is 0.708. The third kappa shape index (κ3) is 17.9. The molecule has 0 aromatic rings. The smallest absolute Gasteiger partial charge is 0.333 e. The molecule has 0 saturated carbocycles. The predicted molar refractivity (Wildman–Crippen MR) is 117 cm³/mol. The van der Waals surface area contributed by atoms with E-state index in [1.807, 2.05) is 6.08 Å². The number of unbranched alkanes of at least 4 members (excludes halogenated alkanes) is 10. The van der Waals surface area contributed by atoms with Gasteiger partial charge in [0, 0.05) is 12.0 Å². The Morgan fingerprint density at radius 1 is 0.759 bits per heavy atom. The summed E-state index contributed by atoms with van der Waals surface area (Å²) in [6.07, 6.45) is 15.7. The lowest BCUT2D eigenvalue weighted by Crippen LogP contribution is -2.21. The SMILES string of the molecule is C=CCCCCCCCCC(=O)OCC(=O)COC(=O)C(=C)CCCCCCC. The van der Waals surface area contributed by atoms with E-state index in [0.29, 0.717) is 18.4 Å². The molecule has 0 rings (SSSR count). The molecule has 0 spiro atoms. The molecule has 0 radical (unpaired) electrons. The van der Waals surface area contributed by atoms with E-state index in [2.05, 4.69) is 20.1 Å². The first-order valence-electron chi connectivity index (χ1n) is 11.1. The van der Waals surface area contributed by atoms with Crippen LogP contribution in [0.15, 0.2) is 24.8 Å². The first-order valence-corrected chi connectivity index (χ1v) is 11.1. The van der Waals surface area contributed by atoms with Gasteiger partial charge >= 0.3 is 11.9 Å². The fourth-order valence-corrected chi connectivity index (χ4v) is 2.83. The van der Waals surface area contributed by atoms with Crippen molar-refractivity contribution in [3.8, 4) is 0 Å². The molecule has 0 bridgehead atoms. The Bertz CT molecular complexity index is 495. The van der Waals surface area contributed by atoms with Crippen LogP contribution in [0.3, 0.4) is 0 Å². The van der Waals surface area contributed by atoms with Gasteiger partial charge in [-0.1, -0.05) is 70.9 Å². The van der Waals surface area contributed by atoms with Gasteiger partial charge in [0.1, 0.15) is 0 Å². The van der Waals surface area contributed by atoms with Gasteiger partial charge in [0.2, 0.25) is 5.78 Å². The van der Waals surface area contributed by atoms with Gasteiger partial charge in [0.15, 0.2) is 13.2 Å². The minimum atomic E-state index is -0.548. The third-order valence-electron chi connectivity index (χ3n) is 4.67.